The number of hydrogen-bond donors (Lipinski definition) is 2. The molecule has 1 aliphatic heterocycles. The Morgan fingerprint density at radius 3 is 2.80 bits per heavy atom. The Labute approximate surface area is 127 Å². The molecular formula is C13H16Cl2F2N2O. The van der Waals surface area contributed by atoms with Gasteiger partial charge in [0.15, 0.2) is 0 Å². The van der Waals surface area contributed by atoms with Crippen molar-refractivity contribution in [1.29, 1.82) is 0 Å². The lowest BCUT2D eigenvalue weighted by atomic mass is 9.99. The largest absolute Gasteiger partial charge is 0.352 e. The fraction of sp³-hybridized carbons (Fsp3) is 0.462. The number of nitrogens with one attached hydrogen (secondary N) is 2. The lowest BCUT2D eigenvalue weighted by molar-refractivity contribution is 0.0940. The van der Waals surface area contributed by atoms with Gasteiger partial charge in [0.05, 0.1) is 10.6 Å². The van der Waals surface area contributed by atoms with Crippen molar-refractivity contribution in [1.82, 2.24) is 10.6 Å². The van der Waals surface area contributed by atoms with E-state index in [1.54, 1.807) is 0 Å². The molecule has 0 aromatic heterocycles. The van der Waals surface area contributed by atoms with Crippen molar-refractivity contribution in [2.75, 3.05) is 19.6 Å². The van der Waals surface area contributed by atoms with Gasteiger partial charge < -0.3 is 10.6 Å². The highest BCUT2D eigenvalue weighted by molar-refractivity contribution is 6.30. The summed E-state index contributed by atoms with van der Waals surface area (Å²) in [6.07, 6.45) is 2.08. The smallest absolute Gasteiger partial charge is 0.254 e. The van der Waals surface area contributed by atoms with E-state index in [0.717, 1.165) is 38.1 Å². The first kappa shape index (κ1) is 17.1. The summed E-state index contributed by atoms with van der Waals surface area (Å²) < 4.78 is 26.7. The van der Waals surface area contributed by atoms with Crippen LogP contribution in [0.4, 0.5) is 8.78 Å². The number of piperidine rings is 1. The van der Waals surface area contributed by atoms with Gasteiger partial charge in [-0.05, 0) is 44.0 Å². The monoisotopic (exact) mass is 324 g/mol. The predicted octanol–water partition coefficient (Wildman–Crippen LogP) is 2.77. The molecule has 1 unspecified atom stereocenters. The molecule has 0 spiro atoms. The molecule has 1 amide bonds. The summed E-state index contributed by atoms with van der Waals surface area (Å²) in [5.74, 6) is -1.89. The maximum Gasteiger partial charge on any atom is 0.254 e. The van der Waals surface area contributed by atoms with Gasteiger partial charge in [-0.2, -0.15) is 0 Å². The first-order valence-electron chi connectivity index (χ1n) is 6.21. The lowest BCUT2D eigenvalue weighted by Gasteiger charge is -2.22. The zero-order chi connectivity index (χ0) is 13.8. The van der Waals surface area contributed by atoms with E-state index in [9.17, 15) is 13.6 Å². The van der Waals surface area contributed by atoms with Crippen molar-refractivity contribution in [2.24, 2.45) is 5.92 Å². The molecule has 7 heteroatoms. The van der Waals surface area contributed by atoms with Gasteiger partial charge in [0.2, 0.25) is 0 Å². The van der Waals surface area contributed by atoms with Gasteiger partial charge in [-0.15, -0.1) is 12.4 Å². The second-order valence-corrected chi connectivity index (χ2v) is 5.08. The summed E-state index contributed by atoms with van der Waals surface area (Å²) in [4.78, 5) is 11.8. The summed E-state index contributed by atoms with van der Waals surface area (Å²) >= 11 is 5.43. The maximum atomic E-state index is 13.5. The van der Waals surface area contributed by atoms with Crippen molar-refractivity contribution in [3.05, 3.63) is 34.4 Å². The molecule has 1 aliphatic rings. The van der Waals surface area contributed by atoms with E-state index in [-0.39, 0.29) is 23.0 Å². The highest BCUT2D eigenvalue weighted by Crippen LogP contribution is 2.19. The molecule has 1 heterocycles. The van der Waals surface area contributed by atoms with Crippen LogP contribution in [0.3, 0.4) is 0 Å². The van der Waals surface area contributed by atoms with Crippen molar-refractivity contribution >= 4 is 29.9 Å². The van der Waals surface area contributed by atoms with Crippen molar-refractivity contribution in [2.45, 2.75) is 12.8 Å². The normalized spacial score (nSPS) is 18.2. The Kier molecular flexibility index (Phi) is 6.65. The van der Waals surface area contributed by atoms with E-state index in [0.29, 0.717) is 12.5 Å². The Morgan fingerprint density at radius 1 is 1.40 bits per heavy atom. The SMILES string of the molecule is Cl.O=C(NCC1CCCNC1)c1cc(F)c(Cl)cc1F. The zero-order valence-electron chi connectivity index (χ0n) is 10.7. The van der Waals surface area contributed by atoms with Crippen LogP contribution in [0.15, 0.2) is 12.1 Å². The molecule has 0 bridgehead atoms. The van der Waals surface area contributed by atoms with Crippen LogP contribution in [-0.2, 0) is 0 Å². The van der Waals surface area contributed by atoms with Gasteiger partial charge >= 0.3 is 0 Å². The topological polar surface area (TPSA) is 41.1 Å². The predicted molar refractivity (Wildman–Crippen MR) is 76.5 cm³/mol. The zero-order valence-corrected chi connectivity index (χ0v) is 12.3. The molecule has 2 rings (SSSR count). The average Bonchev–Trinajstić information content (AvgIpc) is 2.41. The molecule has 1 atom stereocenters. The Morgan fingerprint density at radius 2 is 2.15 bits per heavy atom. The molecule has 20 heavy (non-hydrogen) atoms. The molecule has 2 N–H and O–H groups in total. The van der Waals surface area contributed by atoms with Gasteiger partial charge in [-0.25, -0.2) is 8.78 Å². The molecule has 3 nitrogen and oxygen atoms in total. The van der Waals surface area contributed by atoms with E-state index in [4.69, 9.17) is 11.6 Å². The van der Waals surface area contributed by atoms with Gasteiger partial charge in [-0.3, -0.25) is 4.79 Å². The average molecular weight is 325 g/mol. The number of carbonyl (C=O) groups excluding carboxylic acids is 1. The summed E-state index contributed by atoms with van der Waals surface area (Å²) in [6, 6.07) is 1.64. The van der Waals surface area contributed by atoms with Crippen LogP contribution in [0.2, 0.25) is 5.02 Å². The van der Waals surface area contributed by atoms with Gasteiger partial charge in [0.1, 0.15) is 11.6 Å². The van der Waals surface area contributed by atoms with E-state index in [1.165, 1.54) is 0 Å². The number of carbonyl (C=O) groups is 1. The third-order valence-electron chi connectivity index (χ3n) is 3.20. The molecular weight excluding hydrogens is 309 g/mol. The minimum atomic E-state index is -0.814. The maximum absolute atomic E-state index is 13.5. The highest BCUT2D eigenvalue weighted by Gasteiger charge is 2.18. The van der Waals surface area contributed by atoms with E-state index in [2.05, 4.69) is 10.6 Å². The van der Waals surface area contributed by atoms with Crippen molar-refractivity contribution in [3.8, 4) is 0 Å². The lowest BCUT2D eigenvalue weighted by Crippen LogP contribution is -2.38. The van der Waals surface area contributed by atoms with E-state index in [1.807, 2.05) is 0 Å². The molecule has 112 valence electrons. The van der Waals surface area contributed by atoms with Crippen LogP contribution >= 0.6 is 24.0 Å². The van der Waals surface area contributed by atoms with Crippen LogP contribution in [0.5, 0.6) is 0 Å². The highest BCUT2D eigenvalue weighted by atomic mass is 35.5. The van der Waals surface area contributed by atoms with Gasteiger partial charge in [-0.1, -0.05) is 11.6 Å². The van der Waals surface area contributed by atoms with Crippen LogP contribution in [-0.4, -0.2) is 25.5 Å². The number of benzene rings is 1. The Bertz CT molecular complexity index is 480. The van der Waals surface area contributed by atoms with Crippen LogP contribution in [0, 0.1) is 17.6 Å². The van der Waals surface area contributed by atoms with E-state index >= 15 is 0 Å². The molecule has 0 radical (unpaired) electrons. The molecule has 1 fully saturated rings. The standard InChI is InChI=1S/C13H15ClF2N2O.ClH/c14-10-5-11(15)9(4-12(10)16)13(19)18-7-8-2-1-3-17-6-8;/h4-5,8,17H,1-3,6-7H2,(H,18,19);1H. The molecule has 1 saturated heterocycles. The van der Waals surface area contributed by atoms with Gasteiger partial charge in [0.25, 0.3) is 5.91 Å². The fourth-order valence-corrected chi connectivity index (χ4v) is 2.28. The van der Waals surface area contributed by atoms with Gasteiger partial charge in [0, 0.05) is 6.54 Å². The Balaban J connectivity index is 0.00000200. The van der Waals surface area contributed by atoms with E-state index < -0.39 is 17.5 Å². The molecule has 1 aromatic carbocycles. The number of rotatable bonds is 3. The summed E-state index contributed by atoms with van der Waals surface area (Å²) in [5, 5.41) is 5.52. The first-order chi connectivity index (χ1) is 9.08. The number of halogens is 4. The fourth-order valence-electron chi connectivity index (χ4n) is 2.13. The minimum absolute atomic E-state index is 0. The van der Waals surface area contributed by atoms with Crippen molar-refractivity contribution in [3.63, 3.8) is 0 Å². The summed E-state index contributed by atoms with van der Waals surface area (Å²) in [6.45, 7) is 2.27. The number of hydrogen-bond acceptors (Lipinski definition) is 2. The van der Waals surface area contributed by atoms with Crippen LogP contribution < -0.4 is 10.6 Å². The van der Waals surface area contributed by atoms with Crippen LogP contribution in [0.1, 0.15) is 23.2 Å². The first-order valence-corrected chi connectivity index (χ1v) is 6.59. The summed E-state index contributed by atoms with van der Waals surface area (Å²) in [7, 11) is 0. The second kappa shape index (κ2) is 7.76. The second-order valence-electron chi connectivity index (χ2n) is 4.67. The third kappa shape index (κ3) is 4.30. The molecule has 0 saturated carbocycles. The molecule has 1 aromatic rings. The quantitative estimate of drug-likeness (QED) is 0.839. The summed E-state index contributed by atoms with van der Waals surface area (Å²) in [5.41, 5.74) is -0.314. The minimum Gasteiger partial charge on any atom is -0.352 e. The van der Waals surface area contributed by atoms with Crippen molar-refractivity contribution < 1.29 is 13.6 Å². The third-order valence-corrected chi connectivity index (χ3v) is 3.49. The van der Waals surface area contributed by atoms with Crippen LogP contribution in [0.25, 0.3) is 0 Å². The number of amides is 1. The molecule has 0 aliphatic carbocycles. The Hall–Kier alpha value is -0.910.